The molecule has 33 heavy (non-hydrogen) atoms. The lowest BCUT2D eigenvalue weighted by atomic mass is 10.0. The second kappa shape index (κ2) is 9.52. The first-order valence-electron chi connectivity index (χ1n) is 11.2. The van der Waals surface area contributed by atoms with Crippen LogP contribution in [-0.2, 0) is 27.8 Å². The number of sulfonamides is 1. The number of carbonyl (C=O) groups excluding carboxylic acids is 1. The first kappa shape index (κ1) is 23.3. The van der Waals surface area contributed by atoms with Crippen LogP contribution >= 0.6 is 0 Å². The van der Waals surface area contributed by atoms with Gasteiger partial charge in [0.2, 0.25) is 15.9 Å². The third-order valence-corrected chi connectivity index (χ3v) is 8.07. The van der Waals surface area contributed by atoms with Crippen molar-refractivity contribution in [3.05, 3.63) is 64.1 Å². The molecule has 1 saturated heterocycles. The van der Waals surface area contributed by atoms with Crippen LogP contribution < -0.4 is 11.1 Å². The van der Waals surface area contributed by atoms with Crippen molar-refractivity contribution >= 4 is 27.0 Å². The Morgan fingerprint density at radius 3 is 2.52 bits per heavy atom. The van der Waals surface area contributed by atoms with Gasteiger partial charge in [-0.1, -0.05) is 36.8 Å². The second-order valence-corrected chi connectivity index (χ2v) is 10.7. The SMILES string of the molecule is Cc1ccc(CCNC(=O)Cn2c(=O)oc3cc(S(=O)(=O)N4CCC(C)CC4)ccc32)cc1. The highest BCUT2D eigenvalue weighted by atomic mass is 32.2. The van der Waals surface area contributed by atoms with Crippen molar-refractivity contribution in [1.82, 2.24) is 14.2 Å². The van der Waals surface area contributed by atoms with E-state index in [1.165, 1.54) is 32.6 Å². The fourth-order valence-electron chi connectivity index (χ4n) is 4.03. The molecule has 0 radical (unpaired) electrons. The molecular formula is C24H29N3O5S. The number of aromatic nitrogens is 1. The van der Waals surface area contributed by atoms with Crippen LogP contribution in [-0.4, -0.2) is 42.8 Å². The minimum Gasteiger partial charge on any atom is -0.408 e. The molecule has 3 aromatic rings. The summed E-state index contributed by atoms with van der Waals surface area (Å²) in [6, 6.07) is 12.5. The van der Waals surface area contributed by atoms with Gasteiger partial charge in [-0.15, -0.1) is 0 Å². The van der Waals surface area contributed by atoms with Crippen LogP contribution in [0.15, 0.2) is 56.6 Å². The summed E-state index contributed by atoms with van der Waals surface area (Å²) in [7, 11) is -3.66. The fraction of sp³-hybridized carbons (Fsp3) is 0.417. The van der Waals surface area contributed by atoms with Crippen molar-refractivity contribution in [2.75, 3.05) is 19.6 Å². The molecule has 0 saturated carbocycles. The van der Waals surface area contributed by atoms with Crippen molar-refractivity contribution in [2.45, 2.75) is 44.6 Å². The number of aryl methyl sites for hydroxylation is 1. The van der Waals surface area contributed by atoms with Gasteiger partial charge < -0.3 is 9.73 Å². The first-order chi connectivity index (χ1) is 15.7. The fourth-order valence-corrected chi connectivity index (χ4v) is 5.52. The molecule has 0 unspecified atom stereocenters. The second-order valence-electron chi connectivity index (χ2n) is 8.76. The monoisotopic (exact) mass is 471 g/mol. The quantitative estimate of drug-likeness (QED) is 0.571. The van der Waals surface area contributed by atoms with Gasteiger partial charge in [0.05, 0.1) is 10.4 Å². The standard InChI is InChI=1S/C24H29N3O5S/c1-17-3-5-19(6-4-17)9-12-25-23(28)16-27-21-8-7-20(15-22(21)32-24(27)29)33(30,31)26-13-10-18(2)11-14-26/h3-8,15,18H,9-14,16H2,1-2H3,(H,25,28). The molecule has 0 aliphatic carbocycles. The molecule has 2 heterocycles. The van der Waals surface area contributed by atoms with Crippen LogP contribution in [0.1, 0.15) is 30.9 Å². The summed E-state index contributed by atoms with van der Waals surface area (Å²) in [6.07, 6.45) is 2.33. The highest BCUT2D eigenvalue weighted by molar-refractivity contribution is 7.89. The summed E-state index contributed by atoms with van der Waals surface area (Å²) in [4.78, 5) is 24.8. The van der Waals surface area contributed by atoms with E-state index in [1.807, 2.05) is 31.2 Å². The summed E-state index contributed by atoms with van der Waals surface area (Å²) < 4.78 is 34.0. The summed E-state index contributed by atoms with van der Waals surface area (Å²) in [5.41, 5.74) is 2.83. The van der Waals surface area contributed by atoms with E-state index in [4.69, 9.17) is 4.42 Å². The Bertz CT molecular complexity index is 1300. The van der Waals surface area contributed by atoms with Crippen LogP contribution in [0.4, 0.5) is 0 Å². The predicted molar refractivity (Wildman–Crippen MR) is 126 cm³/mol. The Morgan fingerprint density at radius 1 is 1.12 bits per heavy atom. The maximum Gasteiger partial charge on any atom is 0.420 e. The molecular weight excluding hydrogens is 442 g/mol. The number of carbonyl (C=O) groups is 1. The molecule has 0 spiro atoms. The topological polar surface area (TPSA) is 102 Å². The maximum atomic E-state index is 13.0. The zero-order valence-electron chi connectivity index (χ0n) is 18.9. The minimum absolute atomic E-state index is 0.0907. The van der Waals surface area contributed by atoms with E-state index in [0.717, 1.165) is 18.4 Å². The number of amides is 1. The average Bonchev–Trinajstić information content (AvgIpc) is 3.09. The van der Waals surface area contributed by atoms with E-state index in [2.05, 4.69) is 12.2 Å². The Balaban J connectivity index is 1.44. The van der Waals surface area contributed by atoms with Gasteiger partial charge in [0.25, 0.3) is 0 Å². The molecule has 0 bridgehead atoms. The first-order valence-corrected chi connectivity index (χ1v) is 12.6. The van der Waals surface area contributed by atoms with E-state index >= 15 is 0 Å². The summed E-state index contributed by atoms with van der Waals surface area (Å²) >= 11 is 0. The van der Waals surface area contributed by atoms with Crippen LogP contribution in [0.2, 0.25) is 0 Å². The van der Waals surface area contributed by atoms with Crippen molar-refractivity contribution < 1.29 is 17.6 Å². The van der Waals surface area contributed by atoms with Gasteiger partial charge >= 0.3 is 5.76 Å². The van der Waals surface area contributed by atoms with Gasteiger partial charge in [-0.25, -0.2) is 13.2 Å². The Morgan fingerprint density at radius 2 is 1.82 bits per heavy atom. The molecule has 1 aliphatic rings. The number of rotatable bonds is 7. The molecule has 1 amide bonds. The third-order valence-electron chi connectivity index (χ3n) is 6.18. The zero-order chi connectivity index (χ0) is 23.6. The van der Waals surface area contributed by atoms with Crippen molar-refractivity contribution in [1.29, 1.82) is 0 Å². The summed E-state index contributed by atoms with van der Waals surface area (Å²) in [5, 5.41) is 2.82. The maximum absolute atomic E-state index is 13.0. The van der Waals surface area contributed by atoms with E-state index in [9.17, 15) is 18.0 Å². The van der Waals surface area contributed by atoms with Gasteiger partial charge in [0.1, 0.15) is 6.54 Å². The lowest BCUT2D eigenvalue weighted by Gasteiger charge is -2.29. The van der Waals surface area contributed by atoms with Crippen LogP contribution in [0, 0.1) is 12.8 Å². The predicted octanol–water partition coefficient (Wildman–Crippen LogP) is 2.68. The van der Waals surface area contributed by atoms with Crippen molar-refractivity contribution in [3.63, 3.8) is 0 Å². The summed E-state index contributed by atoms with van der Waals surface area (Å²) in [6.45, 7) is 5.35. The van der Waals surface area contributed by atoms with Crippen LogP contribution in [0.5, 0.6) is 0 Å². The lowest BCUT2D eigenvalue weighted by Crippen LogP contribution is -2.37. The van der Waals surface area contributed by atoms with E-state index < -0.39 is 15.8 Å². The number of hydrogen-bond acceptors (Lipinski definition) is 5. The molecule has 176 valence electrons. The number of piperidine rings is 1. The summed E-state index contributed by atoms with van der Waals surface area (Å²) in [5.74, 6) is -0.500. The molecule has 1 N–H and O–H groups in total. The Hall–Kier alpha value is -2.91. The van der Waals surface area contributed by atoms with Gasteiger partial charge in [-0.3, -0.25) is 9.36 Å². The number of nitrogens with zero attached hydrogens (tertiary/aromatic N) is 2. The molecule has 1 aliphatic heterocycles. The minimum atomic E-state index is -3.66. The third kappa shape index (κ3) is 5.20. The number of hydrogen-bond donors (Lipinski definition) is 1. The molecule has 4 rings (SSSR count). The molecule has 1 aromatic heterocycles. The largest absolute Gasteiger partial charge is 0.420 e. The number of fused-ring (bicyclic) bond motifs is 1. The molecule has 2 aromatic carbocycles. The highest BCUT2D eigenvalue weighted by Gasteiger charge is 2.29. The number of benzene rings is 2. The molecule has 9 heteroatoms. The van der Waals surface area contributed by atoms with Gasteiger partial charge in [-0.05, 0) is 49.8 Å². The van der Waals surface area contributed by atoms with Gasteiger partial charge in [0, 0.05) is 25.7 Å². The van der Waals surface area contributed by atoms with Gasteiger partial charge in [0.15, 0.2) is 5.58 Å². The van der Waals surface area contributed by atoms with Crippen molar-refractivity contribution in [3.8, 4) is 0 Å². The Labute approximate surface area is 193 Å². The molecule has 8 nitrogen and oxygen atoms in total. The van der Waals surface area contributed by atoms with E-state index in [1.54, 1.807) is 0 Å². The zero-order valence-corrected chi connectivity index (χ0v) is 19.7. The normalized spacial score (nSPS) is 15.7. The van der Waals surface area contributed by atoms with Crippen LogP contribution in [0.25, 0.3) is 11.1 Å². The number of nitrogens with one attached hydrogen (secondary N) is 1. The molecule has 1 fully saturated rings. The number of oxazole rings is 1. The van der Waals surface area contributed by atoms with Crippen molar-refractivity contribution in [2.24, 2.45) is 5.92 Å². The lowest BCUT2D eigenvalue weighted by molar-refractivity contribution is -0.121. The molecule has 0 atom stereocenters. The van der Waals surface area contributed by atoms with E-state index in [0.29, 0.717) is 37.5 Å². The Kier molecular flexibility index (Phi) is 6.71. The van der Waals surface area contributed by atoms with Gasteiger partial charge in [-0.2, -0.15) is 4.31 Å². The van der Waals surface area contributed by atoms with E-state index in [-0.39, 0.29) is 22.9 Å². The smallest absolute Gasteiger partial charge is 0.408 e. The highest BCUT2D eigenvalue weighted by Crippen LogP contribution is 2.25. The average molecular weight is 472 g/mol. The van der Waals surface area contributed by atoms with Crippen LogP contribution in [0.3, 0.4) is 0 Å².